The van der Waals surface area contributed by atoms with Gasteiger partial charge in [-0.15, -0.1) is 11.3 Å². The molecular weight excluding hydrogens is 530 g/mol. The van der Waals surface area contributed by atoms with Gasteiger partial charge in [-0.3, -0.25) is 4.79 Å². The predicted octanol–water partition coefficient (Wildman–Crippen LogP) is 4.65. The van der Waals surface area contributed by atoms with Crippen molar-refractivity contribution in [1.29, 1.82) is 0 Å². The molecule has 0 unspecified atom stereocenters. The van der Waals surface area contributed by atoms with Crippen LogP contribution in [0.2, 0.25) is 0 Å². The average molecular weight is 553 g/mol. The fourth-order valence-electron chi connectivity index (χ4n) is 5.31. The largest absolute Gasteiger partial charge is 0.290 e. The Balaban J connectivity index is 1.39. The van der Waals surface area contributed by atoms with E-state index >= 15 is 0 Å². The molecule has 6 rings (SSSR count). The van der Waals surface area contributed by atoms with Crippen LogP contribution in [0.3, 0.4) is 0 Å². The molecule has 1 atom stereocenters. The molecule has 0 amide bonds. The van der Waals surface area contributed by atoms with E-state index in [2.05, 4.69) is 10.1 Å². The monoisotopic (exact) mass is 552 g/mol. The Bertz CT molecular complexity index is 1660. The molecule has 1 saturated heterocycles. The molecular formula is C27H22F2N4O3S2. The van der Waals surface area contributed by atoms with E-state index in [4.69, 9.17) is 0 Å². The molecule has 194 valence electrons. The number of carbonyl (C=O) groups excluding carboxylic acids is 1. The number of halogens is 2. The summed E-state index contributed by atoms with van der Waals surface area (Å²) in [4.78, 5) is 18.2. The van der Waals surface area contributed by atoms with Gasteiger partial charge >= 0.3 is 0 Å². The first-order valence-electron chi connectivity index (χ1n) is 12.0. The number of hydrogen-bond acceptors (Lipinski definition) is 6. The maximum atomic E-state index is 14.0. The van der Waals surface area contributed by atoms with Crippen LogP contribution in [0.4, 0.5) is 8.78 Å². The molecule has 1 fully saturated rings. The van der Waals surface area contributed by atoms with E-state index in [1.807, 2.05) is 6.08 Å². The number of thiazole rings is 1. The van der Waals surface area contributed by atoms with Gasteiger partial charge in [-0.1, -0.05) is 17.7 Å². The van der Waals surface area contributed by atoms with Crippen molar-refractivity contribution in [2.24, 2.45) is 5.41 Å². The maximum absolute atomic E-state index is 14.0. The molecule has 11 heteroatoms. The Kier molecular flexibility index (Phi) is 6.09. The van der Waals surface area contributed by atoms with Crippen LogP contribution in [0.5, 0.6) is 0 Å². The van der Waals surface area contributed by atoms with E-state index in [-0.39, 0.29) is 36.9 Å². The third-order valence-electron chi connectivity index (χ3n) is 7.14. The lowest BCUT2D eigenvalue weighted by Gasteiger charge is -2.44. The Morgan fingerprint density at radius 2 is 1.92 bits per heavy atom. The number of fused-ring (bicyclic) bond motifs is 2. The standard InChI is InChI=1S/C27H22F2N4O3S2/c28-21-4-6-23(7-5-21)33-24-13-20-8-10-32(38(35,36)16-18-2-1-3-22(29)12-18)17-27(20,14-19(24)15-31-33)25(34)26-30-9-11-37-26/h1-7,9,11-13,15H,8,10,14,16-17H2/t27-/m0/s1. The van der Waals surface area contributed by atoms with Crippen molar-refractivity contribution in [2.45, 2.75) is 18.6 Å². The molecule has 2 aromatic heterocycles. The second-order valence-electron chi connectivity index (χ2n) is 9.51. The molecule has 3 heterocycles. The summed E-state index contributed by atoms with van der Waals surface area (Å²) in [6, 6.07) is 11.5. The number of piperidine rings is 1. The minimum atomic E-state index is -3.85. The number of benzene rings is 2. The molecule has 0 radical (unpaired) electrons. The first-order valence-corrected chi connectivity index (χ1v) is 14.4. The smallest absolute Gasteiger partial charge is 0.218 e. The van der Waals surface area contributed by atoms with Gasteiger partial charge in [0.15, 0.2) is 5.01 Å². The second kappa shape index (κ2) is 9.33. The Hall–Kier alpha value is -3.54. The highest BCUT2D eigenvalue weighted by Crippen LogP contribution is 2.47. The molecule has 2 aliphatic rings. The summed E-state index contributed by atoms with van der Waals surface area (Å²) in [5.41, 5.74) is 2.26. The molecule has 2 aromatic carbocycles. The minimum Gasteiger partial charge on any atom is -0.290 e. The highest BCUT2D eigenvalue weighted by atomic mass is 32.2. The van der Waals surface area contributed by atoms with Gasteiger partial charge in [-0.05, 0) is 66.4 Å². The van der Waals surface area contributed by atoms with E-state index in [1.54, 1.807) is 40.7 Å². The zero-order valence-electron chi connectivity index (χ0n) is 20.0. The van der Waals surface area contributed by atoms with Crippen LogP contribution in [0.15, 0.2) is 71.9 Å². The van der Waals surface area contributed by atoms with Crippen molar-refractivity contribution >= 4 is 33.2 Å². The summed E-state index contributed by atoms with van der Waals surface area (Å²) >= 11 is 1.22. The number of hydrogen-bond donors (Lipinski definition) is 0. The lowest BCUT2D eigenvalue weighted by atomic mass is 9.66. The van der Waals surface area contributed by atoms with Gasteiger partial charge in [0.1, 0.15) is 11.6 Å². The van der Waals surface area contributed by atoms with Crippen LogP contribution in [0, 0.1) is 17.0 Å². The number of Topliss-reactive ketones (excluding diaryl/α,β-unsaturated/α-hetero) is 1. The van der Waals surface area contributed by atoms with Crippen molar-refractivity contribution < 1.29 is 22.0 Å². The number of rotatable bonds is 6. The van der Waals surface area contributed by atoms with Crippen molar-refractivity contribution in [3.63, 3.8) is 0 Å². The van der Waals surface area contributed by atoms with Gasteiger partial charge in [0.05, 0.1) is 28.7 Å². The molecule has 38 heavy (non-hydrogen) atoms. The summed E-state index contributed by atoms with van der Waals surface area (Å²) < 4.78 is 57.2. The lowest BCUT2D eigenvalue weighted by Crippen LogP contribution is -2.53. The normalized spacial score (nSPS) is 19.5. The first kappa shape index (κ1) is 24.8. The number of sulfonamides is 1. The fourth-order valence-corrected chi connectivity index (χ4v) is 7.55. The average Bonchev–Trinajstić information content (AvgIpc) is 3.57. The van der Waals surface area contributed by atoms with E-state index in [1.165, 1.54) is 46.0 Å². The van der Waals surface area contributed by atoms with E-state index < -0.39 is 21.3 Å². The number of carbonyl (C=O) groups is 1. The highest BCUT2D eigenvalue weighted by molar-refractivity contribution is 7.88. The Morgan fingerprint density at radius 3 is 2.66 bits per heavy atom. The first-order chi connectivity index (χ1) is 18.2. The molecule has 7 nitrogen and oxygen atoms in total. The van der Waals surface area contributed by atoms with Gasteiger partial charge in [0.25, 0.3) is 0 Å². The zero-order chi connectivity index (χ0) is 26.5. The summed E-state index contributed by atoms with van der Waals surface area (Å²) in [7, 11) is -3.85. The van der Waals surface area contributed by atoms with Crippen LogP contribution < -0.4 is 0 Å². The van der Waals surface area contributed by atoms with Gasteiger partial charge in [0.2, 0.25) is 15.8 Å². The van der Waals surface area contributed by atoms with Crippen LogP contribution in [-0.4, -0.2) is 46.4 Å². The van der Waals surface area contributed by atoms with Crippen LogP contribution in [0.25, 0.3) is 11.8 Å². The van der Waals surface area contributed by atoms with Crippen molar-refractivity contribution in [1.82, 2.24) is 19.1 Å². The number of aromatic nitrogens is 3. The number of ketones is 1. The maximum Gasteiger partial charge on any atom is 0.218 e. The molecule has 0 spiro atoms. The summed E-state index contributed by atoms with van der Waals surface area (Å²) in [5.74, 6) is -1.45. The summed E-state index contributed by atoms with van der Waals surface area (Å²) in [6.07, 6.45) is 5.73. The van der Waals surface area contributed by atoms with Gasteiger partial charge in [-0.25, -0.2) is 26.9 Å². The van der Waals surface area contributed by atoms with Crippen LogP contribution in [0.1, 0.15) is 33.0 Å². The van der Waals surface area contributed by atoms with Crippen LogP contribution >= 0.6 is 11.3 Å². The van der Waals surface area contributed by atoms with E-state index in [0.717, 1.165) is 16.8 Å². The molecule has 1 aliphatic carbocycles. The summed E-state index contributed by atoms with van der Waals surface area (Å²) in [5, 5.41) is 6.53. The second-order valence-corrected chi connectivity index (χ2v) is 12.4. The van der Waals surface area contributed by atoms with E-state index in [9.17, 15) is 22.0 Å². The highest BCUT2D eigenvalue weighted by Gasteiger charge is 2.51. The van der Waals surface area contributed by atoms with Crippen molar-refractivity contribution in [3.05, 3.63) is 105 Å². The van der Waals surface area contributed by atoms with Gasteiger partial charge in [0, 0.05) is 24.7 Å². The van der Waals surface area contributed by atoms with Gasteiger partial charge in [-0.2, -0.15) is 9.40 Å². The summed E-state index contributed by atoms with van der Waals surface area (Å²) in [6.45, 7) is 0.145. The molecule has 4 aromatic rings. The molecule has 1 aliphatic heterocycles. The third kappa shape index (κ3) is 4.30. The van der Waals surface area contributed by atoms with Crippen molar-refractivity contribution in [3.8, 4) is 5.69 Å². The minimum absolute atomic E-state index is 0.0456. The molecule has 0 bridgehead atoms. The lowest BCUT2D eigenvalue weighted by molar-refractivity contribution is 0.0775. The fraction of sp³-hybridized carbons (Fsp3) is 0.222. The topological polar surface area (TPSA) is 85.2 Å². The van der Waals surface area contributed by atoms with Crippen molar-refractivity contribution in [2.75, 3.05) is 13.1 Å². The van der Waals surface area contributed by atoms with Crippen LogP contribution in [-0.2, 0) is 22.2 Å². The predicted molar refractivity (Wildman–Crippen MR) is 139 cm³/mol. The molecule has 0 saturated carbocycles. The molecule has 0 N–H and O–H groups in total. The van der Waals surface area contributed by atoms with Gasteiger partial charge < -0.3 is 0 Å². The Morgan fingerprint density at radius 1 is 1.11 bits per heavy atom. The number of nitrogens with zero attached hydrogens (tertiary/aromatic N) is 4. The van der Waals surface area contributed by atoms with E-state index in [0.29, 0.717) is 22.7 Å². The SMILES string of the molecule is O=C(c1nccs1)[C@]12Cc3cnn(-c4ccc(F)cc4)c3C=C1CCN(S(=O)(=O)Cc1cccc(F)c1)C2. The quantitative estimate of drug-likeness (QED) is 0.325. The zero-order valence-corrected chi connectivity index (χ0v) is 21.7. The third-order valence-corrected chi connectivity index (χ3v) is 9.71. The Labute approximate surface area is 222 Å².